The predicted molar refractivity (Wildman–Crippen MR) is 71.9 cm³/mol. The quantitative estimate of drug-likeness (QED) is 0.651. The van der Waals surface area contributed by atoms with Gasteiger partial charge >= 0.3 is 12.0 Å². The van der Waals surface area contributed by atoms with Crippen LogP contribution < -0.4 is 11.1 Å². The molecule has 108 valence electrons. The lowest BCUT2D eigenvalue weighted by Crippen LogP contribution is -2.51. The van der Waals surface area contributed by atoms with Gasteiger partial charge < -0.3 is 21.1 Å². The van der Waals surface area contributed by atoms with E-state index in [1.807, 2.05) is 6.92 Å². The second kappa shape index (κ2) is 7.22. The molecule has 0 radical (unpaired) electrons. The summed E-state index contributed by atoms with van der Waals surface area (Å²) in [5.41, 5.74) is 4.97. The van der Waals surface area contributed by atoms with Gasteiger partial charge in [-0.05, 0) is 6.42 Å². The standard InChI is InChI=1S/C11H19N3O4S/c1-7-6-14(4-5-19-7)11(18)13-8(10(16)17)2-3-9(12)15/h7-8H,2-6H2,1H3,(H2,12,15)(H,13,18)(H,16,17)/t7?,8-/m1/s1. The Bertz CT molecular complexity index is 364. The molecule has 1 rings (SSSR count). The Morgan fingerprint density at radius 2 is 2.21 bits per heavy atom. The van der Waals surface area contributed by atoms with Crippen molar-refractivity contribution in [2.45, 2.75) is 31.1 Å². The number of nitrogens with one attached hydrogen (secondary N) is 1. The van der Waals surface area contributed by atoms with Gasteiger partial charge in [-0.15, -0.1) is 0 Å². The molecule has 0 bridgehead atoms. The summed E-state index contributed by atoms with van der Waals surface area (Å²) in [6, 6.07) is -1.48. The van der Waals surface area contributed by atoms with Gasteiger partial charge in [0.2, 0.25) is 5.91 Å². The number of hydrogen-bond donors (Lipinski definition) is 3. The number of urea groups is 1. The van der Waals surface area contributed by atoms with Crippen LogP contribution in [0.25, 0.3) is 0 Å². The zero-order chi connectivity index (χ0) is 14.4. The third-order valence-corrected chi connectivity index (χ3v) is 3.94. The zero-order valence-corrected chi connectivity index (χ0v) is 11.6. The maximum absolute atomic E-state index is 11.9. The van der Waals surface area contributed by atoms with Crippen molar-refractivity contribution in [3.8, 4) is 0 Å². The maximum Gasteiger partial charge on any atom is 0.326 e. The maximum atomic E-state index is 11.9. The van der Waals surface area contributed by atoms with Crippen molar-refractivity contribution in [3.63, 3.8) is 0 Å². The van der Waals surface area contributed by atoms with E-state index in [4.69, 9.17) is 10.8 Å². The fraction of sp³-hybridized carbons (Fsp3) is 0.727. The number of carboxylic acids is 1. The molecule has 0 aromatic carbocycles. The summed E-state index contributed by atoms with van der Waals surface area (Å²) in [4.78, 5) is 35.2. The van der Waals surface area contributed by atoms with Gasteiger partial charge in [-0.3, -0.25) is 4.79 Å². The first kappa shape index (κ1) is 15.6. The number of carbonyl (C=O) groups excluding carboxylic acids is 2. The molecule has 1 heterocycles. The van der Waals surface area contributed by atoms with E-state index in [0.29, 0.717) is 18.3 Å². The average molecular weight is 289 g/mol. The van der Waals surface area contributed by atoms with E-state index < -0.39 is 23.9 Å². The largest absolute Gasteiger partial charge is 0.480 e. The van der Waals surface area contributed by atoms with Crippen LogP contribution in [0.4, 0.5) is 4.79 Å². The lowest BCUT2D eigenvalue weighted by Gasteiger charge is -2.31. The number of nitrogens with zero attached hydrogens (tertiary/aromatic N) is 1. The molecule has 1 saturated heterocycles. The lowest BCUT2D eigenvalue weighted by molar-refractivity contribution is -0.139. The number of nitrogens with two attached hydrogens (primary N) is 1. The van der Waals surface area contributed by atoms with Crippen LogP contribution in [0, 0.1) is 0 Å². The van der Waals surface area contributed by atoms with Crippen molar-refractivity contribution < 1.29 is 19.5 Å². The molecule has 0 aromatic rings. The molecule has 1 aliphatic rings. The molecule has 0 spiro atoms. The van der Waals surface area contributed by atoms with Crippen molar-refractivity contribution in [1.29, 1.82) is 0 Å². The average Bonchev–Trinajstić information content (AvgIpc) is 2.33. The topological polar surface area (TPSA) is 113 Å². The molecule has 0 saturated carbocycles. The summed E-state index contributed by atoms with van der Waals surface area (Å²) in [7, 11) is 0. The van der Waals surface area contributed by atoms with E-state index in [0.717, 1.165) is 5.75 Å². The van der Waals surface area contributed by atoms with Gasteiger partial charge in [-0.1, -0.05) is 6.92 Å². The summed E-state index contributed by atoms with van der Waals surface area (Å²) in [5, 5.41) is 11.8. The highest BCUT2D eigenvalue weighted by atomic mass is 32.2. The van der Waals surface area contributed by atoms with Gasteiger partial charge in [-0.2, -0.15) is 11.8 Å². The monoisotopic (exact) mass is 289 g/mol. The predicted octanol–water partition coefficient (Wildman–Crippen LogP) is -0.148. The first-order chi connectivity index (χ1) is 8.90. The SMILES string of the molecule is CC1CN(C(=O)N[C@H](CCC(N)=O)C(=O)O)CCS1. The van der Waals surface area contributed by atoms with Gasteiger partial charge in [0.1, 0.15) is 6.04 Å². The van der Waals surface area contributed by atoms with Crippen molar-refractivity contribution in [2.24, 2.45) is 5.73 Å². The van der Waals surface area contributed by atoms with Crippen LogP contribution in [0.2, 0.25) is 0 Å². The van der Waals surface area contributed by atoms with Crippen LogP contribution >= 0.6 is 11.8 Å². The first-order valence-corrected chi connectivity index (χ1v) is 7.13. The molecule has 1 aliphatic heterocycles. The Hall–Kier alpha value is -1.44. The number of amides is 3. The number of carbonyl (C=O) groups is 3. The highest BCUT2D eigenvalue weighted by molar-refractivity contribution is 7.99. The molecule has 0 aromatic heterocycles. The fourth-order valence-corrected chi connectivity index (χ4v) is 2.80. The molecule has 7 nitrogen and oxygen atoms in total. The number of hydrogen-bond acceptors (Lipinski definition) is 4. The summed E-state index contributed by atoms with van der Waals surface area (Å²) in [5.74, 6) is -0.898. The van der Waals surface area contributed by atoms with Gasteiger partial charge in [0, 0.05) is 30.5 Å². The Kier molecular flexibility index (Phi) is 5.94. The summed E-state index contributed by atoms with van der Waals surface area (Å²) in [6.07, 6.45) is -0.0575. The number of aliphatic carboxylic acids is 1. The molecular formula is C11H19N3O4S. The normalized spacial score (nSPS) is 20.7. The van der Waals surface area contributed by atoms with Crippen molar-refractivity contribution >= 4 is 29.7 Å². The third-order valence-electron chi connectivity index (χ3n) is 2.80. The number of rotatable bonds is 5. The van der Waals surface area contributed by atoms with E-state index in [2.05, 4.69) is 5.32 Å². The fourth-order valence-electron chi connectivity index (χ4n) is 1.79. The first-order valence-electron chi connectivity index (χ1n) is 6.08. The molecule has 8 heteroatoms. The zero-order valence-electron chi connectivity index (χ0n) is 10.8. The highest BCUT2D eigenvalue weighted by Gasteiger charge is 2.26. The lowest BCUT2D eigenvalue weighted by atomic mass is 10.1. The molecule has 1 fully saturated rings. The molecule has 19 heavy (non-hydrogen) atoms. The Labute approximate surface area is 115 Å². The minimum absolute atomic E-state index is 0.00848. The second-order valence-corrected chi connectivity index (χ2v) is 6.02. The summed E-state index contributed by atoms with van der Waals surface area (Å²) in [6.45, 7) is 3.22. The van der Waals surface area contributed by atoms with E-state index >= 15 is 0 Å². The summed E-state index contributed by atoms with van der Waals surface area (Å²) < 4.78 is 0. The molecule has 2 atom stereocenters. The van der Waals surface area contributed by atoms with Gasteiger partial charge in [0.15, 0.2) is 0 Å². The molecule has 1 unspecified atom stereocenters. The van der Waals surface area contributed by atoms with E-state index in [-0.39, 0.29) is 12.8 Å². The van der Waals surface area contributed by atoms with Crippen molar-refractivity contribution in [3.05, 3.63) is 0 Å². The van der Waals surface area contributed by atoms with Crippen LogP contribution in [-0.4, -0.2) is 58.0 Å². The van der Waals surface area contributed by atoms with Gasteiger partial charge in [-0.25, -0.2) is 9.59 Å². The van der Waals surface area contributed by atoms with Crippen molar-refractivity contribution in [2.75, 3.05) is 18.8 Å². The Morgan fingerprint density at radius 3 is 2.74 bits per heavy atom. The number of thioether (sulfide) groups is 1. The van der Waals surface area contributed by atoms with Crippen LogP contribution in [0.15, 0.2) is 0 Å². The number of primary amides is 1. The highest BCUT2D eigenvalue weighted by Crippen LogP contribution is 2.17. The molecule has 3 amide bonds. The Morgan fingerprint density at radius 1 is 1.53 bits per heavy atom. The molecule has 4 N–H and O–H groups in total. The Balaban J connectivity index is 2.50. The minimum Gasteiger partial charge on any atom is -0.480 e. The number of carboxylic acid groups (broad SMARTS) is 1. The van der Waals surface area contributed by atoms with Gasteiger partial charge in [0.25, 0.3) is 0 Å². The second-order valence-electron chi connectivity index (χ2n) is 4.47. The van der Waals surface area contributed by atoms with Crippen LogP contribution in [0.3, 0.4) is 0 Å². The third kappa shape index (κ3) is 5.37. The van der Waals surface area contributed by atoms with Gasteiger partial charge in [0.05, 0.1) is 0 Å². The molecular weight excluding hydrogens is 270 g/mol. The smallest absolute Gasteiger partial charge is 0.326 e. The summed E-state index contributed by atoms with van der Waals surface area (Å²) >= 11 is 1.78. The van der Waals surface area contributed by atoms with Crippen molar-refractivity contribution in [1.82, 2.24) is 10.2 Å². The van der Waals surface area contributed by atoms with E-state index in [1.165, 1.54) is 0 Å². The minimum atomic E-state index is -1.16. The van der Waals surface area contributed by atoms with Crippen LogP contribution in [0.1, 0.15) is 19.8 Å². The van der Waals surface area contributed by atoms with E-state index in [9.17, 15) is 14.4 Å². The van der Waals surface area contributed by atoms with Crippen LogP contribution in [-0.2, 0) is 9.59 Å². The molecule has 0 aliphatic carbocycles. The van der Waals surface area contributed by atoms with E-state index in [1.54, 1.807) is 16.7 Å². The van der Waals surface area contributed by atoms with Crippen LogP contribution in [0.5, 0.6) is 0 Å².